The molecule has 0 amide bonds. The largest absolute Gasteiger partial charge is 0.443 e. The molecule has 1 atom stereocenters. The molecule has 0 aliphatic heterocycles. The summed E-state index contributed by atoms with van der Waals surface area (Å²) in [5.41, 5.74) is 6.23. The molecule has 0 bridgehead atoms. The van der Waals surface area contributed by atoms with E-state index in [4.69, 9.17) is 10.5 Å². The van der Waals surface area contributed by atoms with Gasteiger partial charge >= 0.3 is 5.97 Å². The lowest BCUT2D eigenvalue weighted by Gasteiger charge is -2.11. The molecule has 0 radical (unpaired) electrons. The van der Waals surface area contributed by atoms with Gasteiger partial charge < -0.3 is 4.74 Å². The van der Waals surface area contributed by atoms with Gasteiger partial charge in [-0.1, -0.05) is 18.2 Å². The van der Waals surface area contributed by atoms with E-state index in [1.165, 1.54) is 0 Å². The van der Waals surface area contributed by atoms with E-state index >= 15 is 0 Å². The molecule has 1 fully saturated rings. The van der Waals surface area contributed by atoms with Gasteiger partial charge in [0, 0.05) is 5.92 Å². The second-order valence-electron chi connectivity index (χ2n) is 3.57. The first-order chi connectivity index (χ1) is 6.77. The van der Waals surface area contributed by atoms with Gasteiger partial charge in [0.1, 0.15) is 0 Å². The molecule has 1 unspecified atom stereocenters. The first-order valence-corrected chi connectivity index (χ1v) is 4.79. The number of ether oxygens (including phenoxy) is 1. The molecule has 2 N–H and O–H groups in total. The van der Waals surface area contributed by atoms with Crippen LogP contribution >= 0.6 is 0 Å². The van der Waals surface area contributed by atoms with Gasteiger partial charge in [-0.15, -0.1) is 0 Å². The lowest BCUT2D eigenvalue weighted by Crippen LogP contribution is -2.29. The Morgan fingerprint density at radius 2 is 2.00 bits per heavy atom. The molecular formula is C11H13NO2. The Kier molecular flexibility index (Phi) is 2.50. The molecule has 1 aromatic carbocycles. The first kappa shape index (κ1) is 9.21. The second kappa shape index (κ2) is 3.80. The van der Waals surface area contributed by atoms with Crippen molar-refractivity contribution in [2.45, 2.75) is 19.1 Å². The quantitative estimate of drug-likeness (QED) is 0.582. The maximum Gasteiger partial charge on any atom is 0.339 e. The summed E-state index contributed by atoms with van der Waals surface area (Å²) >= 11 is 0. The zero-order valence-corrected chi connectivity index (χ0v) is 7.85. The van der Waals surface area contributed by atoms with Gasteiger partial charge in [-0.25, -0.2) is 4.79 Å². The molecule has 3 nitrogen and oxygen atoms in total. The van der Waals surface area contributed by atoms with Crippen LogP contribution in [0.25, 0.3) is 0 Å². The highest BCUT2D eigenvalue weighted by Gasteiger charge is 2.31. The van der Waals surface area contributed by atoms with Crippen molar-refractivity contribution in [3.05, 3.63) is 35.9 Å². The molecule has 1 aliphatic rings. The van der Waals surface area contributed by atoms with E-state index in [0.29, 0.717) is 11.5 Å². The van der Waals surface area contributed by atoms with E-state index in [1.807, 2.05) is 6.07 Å². The van der Waals surface area contributed by atoms with Crippen molar-refractivity contribution in [3.8, 4) is 0 Å². The van der Waals surface area contributed by atoms with Crippen LogP contribution in [0.15, 0.2) is 30.3 Å². The molecule has 0 aromatic heterocycles. The Morgan fingerprint density at radius 1 is 1.36 bits per heavy atom. The van der Waals surface area contributed by atoms with Gasteiger partial charge in [0.15, 0.2) is 6.23 Å². The maximum absolute atomic E-state index is 11.5. The lowest BCUT2D eigenvalue weighted by molar-refractivity contribution is 0.0265. The van der Waals surface area contributed by atoms with Crippen molar-refractivity contribution in [1.82, 2.24) is 0 Å². The standard InChI is InChI=1S/C11H13NO2/c12-10(8-6-7-8)14-11(13)9-4-2-1-3-5-9/h1-5,8,10H,6-7,12H2. The lowest BCUT2D eigenvalue weighted by atomic mass is 10.2. The summed E-state index contributed by atoms with van der Waals surface area (Å²) in [5, 5.41) is 0. The van der Waals surface area contributed by atoms with Crippen LogP contribution < -0.4 is 5.73 Å². The van der Waals surface area contributed by atoms with Gasteiger partial charge in [-0.3, -0.25) is 5.73 Å². The average Bonchev–Trinajstić information content (AvgIpc) is 3.02. The third kappa shape index (κ3) is 2.12. The van der Waals surface area contributed by atoms with E-state index < -0.39 is 6.23 Å². The highest BCUT2D eigenvalue weighted by Crippen LogP contribution is 2.32. The Labute approximate surface area is 82.9 Å². The van der Waals surface area contributed by atoms with Crippen LogP contribution in [0.1, 0.15) is 23.2 Å². The fourth-order valence-electron chi connectivity index (χ4n) is 1.29. The summed E-state index contributed by atoms with van der Waals surface area (Å²) in [7, 11) is 0. The first-order valence-electron chi connectivity index (χ1n) is 4.79. The van der Waals surface area contributed by atoms with Crippen LogP contribution in [-0.2, 0) is 4.74 Å². The van der Waals surface area contributed by atoms with Crippen molar-refractivity contribution in [1.29, 1.82) is 0 Å². The van der Waals surface area contributed by atoms with E-state index in [1.54, 1.807) is 24.3 Å². The number of carbonyl (C=O) groups excluding carboxylic acids is 1. The topological polar surface area (TPSA) is 52.3 Å². The van der Waals surface area contributed by atoms with E-state index in [2.05, 4.69) is 0 Å². The number of esters is 1. The van der Waals surface area contributed by atoms with Crippen molar-refractivity contribution < 1.29 is 9.53 Å². The van der Waals surface area contributed by atoms with Crippen molar-refractivity contribution in [2.75, 3.05) is 0 Å². The zero-order valence-electron chi connectivity index (χ0n) is 7.85. The third-order valence-electron chi connectivity index (χ3n) is 2.34. The fraction of sp³-hybridized carbons (Fsp3) is 0.364. The van der Waals surface area contributed by atoms with Gasteiger partial charge in [0.25, 0.3) is 0 Å². The molecule has 74 valence electrons. The summed E-state index contributed by atoms with van der Waals surface area (Å²) in [4.78, 5) is 11.5. The van der Waals surface area contributed by atoms with Crippen LogP contribution in [0.2, 0.25) is 0 Å². The Morgan fingerprint density at radius 3 is 2.57 bits per heavy atom. The van der Waals surface area contributed by atoms with Crippen LogP contribution in [0, 0.1) is 5.92 Å². The molecule has 0 heterocycles. The van der Waals surface area contributed by atoms with Crippen molar-refractivity contribution in [3.63, 3.8) is 0 Å². The Bertz CT molecular complexity index is 319. The fourth-order valence-corrected chi connectivity index (χ4v) is 1.29. The minimum absolute atomic E-state index is 0.329. The summed E-state index contributed by atoms with van der Waals surface area (Å²) in [6.07, 6.45) is 1.72. The Hall–Kier alpha value is -1.35. The minimum Gasteiger partial charge on any atom is -0.443 e. The number of hydrogen-bond donors (Lipinski definition) is 1. The van der Waals surface area contributed by atoms with Gasteiger partial charge in [-0.2, -0.15) is 0 Å². The predicted octanol–water partition coefficient (Wildman–Crippen LogP) is 1.54. The van der Waals surface area contributed by atoms with Crippen LogP contribution in [0.3, 0.4) is 0 Å². The van der Waals surface area contributed by atoms with E-state index in [9.17, 15) is 4.79 Å². The smallest absolute Gasteiger partial charge is 0.339 e. The summed E-state index contributed by atoms with van der Waals surface area (Å²) < 4.78 is 5.10. The van der Waals surface area contributed by atoms with Crippen molar-refractivity contribution >= 4 is 5.97 Å². The number of hydrogen-bond acceptors (Lipinski definition) is 3. The van der Waals surface area contributed by atoms with E-state index in [-0.39, 0.29) is 5.97 Å². The normalized spacial score (nSPS) is 17.5. The summed E-state index contributed by atoms with van der Waals surface area (Å²) in [5.74, 6) is 0.0488. The number of rotatable bonds is 3. The van der Waals surface area contributed by atoms with Crippen molar-refractivity contribution in [2.24, 2.45) is 11.7 Å². The average molecular weight is 191 g/mol. The zero-order chi connectivity index (χ0) is 9.97. The van der Waals surface area contributed by atoms with E-state index in [0.717, 1.165) is 12.8 Å². The predicted molar refractivity (Wildman–Crippen MR) is 52.6 cm³/mol. The molecule has 2 rings (SSSR count). The molecule has 1 aromatic rings. The number of nitrogens with two attached hydrogens (primary N) is 1. The SMILES string of the molecule is NC(OC(=O)c1ccccc1)C1CC1. The van der Waals surface area contributed by atoms with Gasteiger partial charge in [0.05, 0.1) is 5.56 Å². The van der Waals surface area contributed by atoms with Gasteiger partial charge in [-0.05, 0) is 25.0 Å². The molecule has 1 saturated carbocycles. The highest BCUT2D eigenvalue weighted by molar-refractivity contribution is 5.89. The summed E-state index contributed by atoms with van der Waals surface area (Å²) in [6, 6.07) is 8.92. The Balaban J connectivity index is 1.95. The van der Waals surface area contributed by atoms with Crippen LogP contribution in [0.5, 0.6) is 0 Å². The molecular weight excluding hydrogens is 178 g/mol. The third-order valence-corrected chi connectivity index (χ3v) is 2.34. The number of benzene rings is 1. The molecule has 14 heavy (non-hydrogen) atoms. The summed E-state index contributed by atoms with van der Waals surface area (Å²) in [6.45, 7) is 0. The minimum atomic E-state index is -0.428. The molecule has 0 spiro atoms. The number of carbonyl (C=O) groups is 1. The molecule has 1 aliphatic carbocycles. The van der Waals surface area contributed by atoms with Crippen LogP contribution in [-0.4, -0.2) is 12.2 Å². The maximum atomic E-state index is 11.5. The van der Waals surface area contributed by atoms with Gasteiger partial charge in [0.2, 0.25) is 0 Å². The molecule has 0 saturated heterocycles. The van der Waals surface area contributed by atoms with Crippen LogP contribution in [0.4, 0.5) is 0 Å². The monoisotopic (exact) mass is 191 g/mol. The molecule has 3 heteroatoms. The second-order valence-corrected chi connectivity index (χ2v) is 3.57. The highest BCUT2D eigenvalue weighted by atomic mass is 16.6.